The molecule has 0 saturated carbocycles. The number of amides is 1. The second kappa shape index (κ2) is 77.6. The second-order valence-electron chi connectivity index (χ2n) is 35.6. The predicted molar refractivity (Wildman–Crippen MR) is 476 cm³/mol. The second-order valence-corrected chi connectivity index (χ2v) is 35.6. The van der Waals surface area contributed by atoms with Gasteiger partial charge in [0.1, 0.15) is 73.2 Å². The van der Waals surface area contributed by atoms with E-state index in [4.69, 9.17) is 28.4 Å². The molecule has 17 atom stereocenters. The number of hydrogen-bond donors (Lipinski definition) is 12. The number of hydrogen-bond acceptors (Lipinski definition) is 18. The van der Waals surface area contributed by atoms with Crippen LogP contribution in [0.15, 0.2) is 36.5 Å². The third-order valence-electron chi connectivity index (χ3n) is 24.9. The zero-order valence-electron chi connectivity index (χ0n) is 75.0. The van der Waals surface area contributed by atoms with Crippen LogP contribution in [0.25, 0.3) is 0 Å². The van der Waals surface area contributed by atoms with E-state index in [1.807, 2.05) is 6.08 Å². The van der Waals surface area contributed by atoms with Crippen LogP contribution in [-0.2, 0) is 33.2 Å². The lowest BCUT2D eigenvalue weighted by molar-refractivity contribution is -0.379. The summed E-state index contributed by atoms with van der Waals surface area (Å²) >= 11 is 0. The monoisotopic (exact) mass is 1660 g/mol. The quantitative estimate of drug-likeness (QED) is 0.0199. The topological polar surface area (TPSA) is 307 Å². The molecule has 0 radical (unpaired) electrons. The number of allylic oxidation sites excluding steroid dienone is 5. The SMILES string of the molecule is CCCCCCCCCCCCCCCCCCCCCCCC/C=C/CC/C=C/CC/C=C/C(O)C(COC1OC(CO)C(OC2OC(CO)C(OC3OC(CO)C(O)C(O)C3O)C(O)C2O)C(O)C1O)NC(=O)CCCCCCCCCCCCCCCCCCCCCCCCCCCCCCCCCCCCCCCCCC. The molecule has 17 unspecified atom stereocenters. The molecule has 3 fully saturated rings. The fraction of sp³-hybridized carbons (Fsp3) is 0.929. The first-order chi connectivity index (χ1) is 57.3. The Morgan fingerprint density at radius 3 is 0.855 bits per heavy atom. The zero-order valence-corrected chi connectivity index (χ0v) is 75.0. The molecule has 19 nitrogen and oxygen atoms in total. The maximum absolute atomic E-state index is 13.5. The molecule has 0 aromatic carbocycles. The van der Waals surface area contributed by atoms with Crippen molar-refractivity contribution < 1.29 is 89.4 Å². The van der Waals surface area contributed by atoms with Crippen molar-refractivity contribution in [2.75, 3.05) is 26.4 Å². The first-order valence-electron chi connectivity index (χ1n) is 49.7. The molecular weight excluding hydrogens is 1480 g/mol. The minimum Gasteiger partial charge on any atom is -0.394 e. The Hall–Kier alpha value is -1.99. The van der Waals surface area contributed by atoms with Crippen molar-refractivity contribution in [3.8, 4) is 0 Å². The van der Waals surface area contributed by atoms with Crippen LogP contribution in [0, 0.1) is 0 Å². The molecule has 3 heterocycles. The summed E-state index contributed by atoms with van der Waals surface area (Å²) in [6, 6.07) is -0.998. The maximum Gasteiger partial charge on any atom is 0.220 e. The molecule has 3 aliphatic heterocycles. The Labute approximate surface area is 714 Å². The summed E-state index contributed by atoms with van der Waals surface area (Å²) in [5.41, 5.74) is 0. The molecule has 19 heteroatoms. The van der Waals surface area contributed by atoms with Crippen molar-refractivity contribution in [1.82, 2.24) is 5.32 Å². The molecule has 690 valence electrons. The highest BCUT2D eigenvalue weighted by molar-refractivity contribution is 5.76. The minimum absolute atomic E-state index is 0.237. The van der Waals surface area contributed by atoms with Gasteiger partial charge in [-0.2, -0.15) is 0 Å². The summed E-state index contributed by atoms with van der Waals surface area (Å²) in [5.74, 6) is -0.280. The predicted octanol–water partition coefficient (Wildman–Crippen LogP) is 20.5. The van der Waals surface area contributed by atoms with Gasteiger partial charge in [-0.3, -0.25) is 4.79 Å². The molecule has 3 saturated heterocycles. The number of aliphatic hydroxyl groups excluding tert-OH is 11. The van der Waals surface area contributed by atoms with Crippen LogP contribution in [-0.4, -0.2) is 193 Å². The number of nitrogens with one attached hydrogen (secondary N) is 1. The molecule has 0 aromatic rings. The number of carbonyl (C=O) groups excluding carboxylic acids is 1. The van der Waals surface area contributed by atoms with Crippen molar-refractivity contribution in [2.45, 2.75) is 555 Å². The smallest absolute Gasteiger partial charge is 0.220 e. The number of unbranched alkanes of at least 4 members (excludes halogenated alkanes) is 63. The fourth-order valence-corrected chi connectivity index (χ4v) is 17.1. The maximum atomic E-state index is 13.5. The van der Waals surface area contributed by atoms with E-state index in [1.54, 1.807) is 6.08 Å². The normalized spacial score (nSPS) is 24.5. The molecule has 1 amide bonds. The third-order valence-corrected chi connectivity index (χ3v) is 24.9. The van der Waals surface area contributed by atoms with Crippen LogP contribution in [0.3, 0.4) is 0 Å². The average Bonchev–Trinajstić information content (AvgIpc) is 0.777. The van der Waals surface area contributed by atoms with Gasteiger partial charge in [-0.15, -0.1) is 0 Å². The van der Waals surface area contributed by atoms with Crippen LogP contribution in [0.2, 0.25) is 0 Å². The molecule has 3 rings (SSSR count). The van der Waals surface area contributed by atoms with E-state index in [0.29, 0.717) is 12.8 Å². The van der Waals surface area contributed by atoms with Gasteiger partial charge in [0.25, 0.3) is 0 Å². The molecule has 12 N–H and O–H groups in total. The standard InChI is InChI=1S/C98H185NO18/c1-3-5-7-9-11-13-15-17-19-21-23-25-27-29-31-33-35-37-38-39-40-41-42-43-44-46-48-50-52-54-56-58-60-62-64-66-68-70-72-74-76-86(104)99-81(82(103)75-73-71-69-67-65-63-61-59-57-55-53-51-49-47-45-36-34-32-30-28-26-24-22-20-18-16-14-12-10-8-6-4-2)80-112-96-92(110)89(107)94(84(78-101)114-96)117-98-93(111)90(108)95(85(79-102)115-98)116-97-91(109)88(106)87(105)83(77-100)113-97/h57,59,65,67,73,75,81-85,87-98,100-103,105-111H,3-56,58,60-64,66,68-72,74,76-80H2,1-2H3,(H,99,104)/b59-57+,67-65+,75-73+. The molecule has 0 spiro atoms. The van der Waals surface area contributed by atoms with E-state index in [9.17, 15) is 61.0 Å². The molecule has 0 aromatic heterocycles. The summed E-state index contributed by atoms with van der Waals surface area (Å²) in [5, 5.41) is 121. The zero-order chi connectivity index (χ0) is 84.5. The van der Waals surface area contributed by atoms with Crippen molar-refractivity contribution in [2.24, 2.45) is 0 Å². The summed E-state index contributed by atoms with van der Waals surface area (Å²) in [7, 11) is 0. The fourth-order valence-electron chi connectivity index (χ4n) is 17.1. The molecule has 3 aliphatic rings. The summed E-state index contributed by atoms with van der Waals surface area (Å²) in [6.07, 6.45) is 74.9. The van der Waals surface area contributed by atoms with Crippen LogP contribution in [0.1, 0.15) is 450 Å². The number of aliphatic hydroxyl groups is 11. The number of ether oxygens (including phenoxy) is 6. The van der Waals surface area contributed by atoms with Crippen molar-refractivity contribution in [3.63, 3.8) is 0 Å². The minimum atomic E-state index is -1.98. The van der Waals surface area contributed by atoms with Crippen LogP contribution in [0.5, 0.6) is 0 Å². The first kappa shape index (κ1) is 109. The Bertz CT molecular complexity index is 2240. The average molecular weight is 1670 g/mol. The largest absolute Gasteiger partial charge is 0.394 e. The Morgan fingerprint density at radius 2 is 0.547 bits per heavy atom. The Kier molecular flexibility index (Phi) is 72.4. The molecule has 0 bridgehead atoms. The van der Waals surface area contributed by atoms with Gasteiger partial charge in [0.15, 0.2) is 18.9 Å². The van der Waals surface area contributed by atoms with E-state index < -0.39 is 124 Å². The highest BCUT2D eigenvalue weighted by atomic mass is 16.8. The van der Waals surface area contributed by atoms with E-state index in [0.717, 1.165) is 44.9 Å². The lowest BCUT2D eigenvalue weighted by atomic mass is 9.96. The van der Waals surface area contributed by atoms with Gasteiger partial charge in [-0.05, 0) is 44.9 Å². The van der Waals surface area contributed by atoms with Gasteiger partial charge in [-0.25, -0.2) is 0 Å². The van der Waals surface area contributed by atoms with Gasteiger partial charge < -0.3 is 89.9 Å². The molecule has 117 heavy (non-hydrogen) atoms. The summed E-state index contributed by atoms with van der Waals surface area (Å²) in [4.78, 5) is 13.5. The first-order valence-corrected chi connectivity index (χ1v) is 49.7. The number of rotatable bonds is 83. The van der Waals surface area contributed by atoms with Gasteiger partial charge in [-0.1, -0.05) is 436 Å². The Morgan fingerprint density at radius 1 is 0.299 bits per heavy atom. The van der Waals surface area contributed by atoms with Crippen LogP contribution in [0.4, 0.5) is 0 Å². The highest BCUT2D eigenvalue weighted by Crippen LogP contribution is 2.34. The van der Waals surface area contributed by atoms with Gasteiger partial charge >= 0.3 is 0 Å². The van der Waals surface area contributed by atoms with Crippen molar-refractivity contribution in [1.29, 1.82) is 0 Å². The summed E-state index contributed by atoms with van der Waals surface area (Å²) in [6.45, 7) is 1.79. The summed E-state index contributed by atoms with van der Waals surface area (Å²) < 4.78 is 34.5. The molecule has 0 aliphatic carbocycles. The van der Waals surface area contributed by atoms with Gasteiger partial charge in [0, 0.05) is 6.42 Å². The molecular formula is C98H185NO18. The third kappa shape index (κ3) is 55.2. The Balaban J connectivity index is 1.29. The van der Waals surface area contributed by atoms with E-state index in [2.05, 4.69) is 43.5 Å². The van der Waals surface area contributed by atoms with Gasteiger partial charge in [0.2, 0.25) is 5.91 Å². The van der Waals surface area contributed by atoms with Crippen LogP contribution >= 0.6 is 0 Å². The van der Waals surface area contributed by atoms with Gasteiger partial charge in [0.05, 0.1) is 38.6 Å². The van der Waals surface area contributed by atoms with Crippen molar-refractivity contribution >= 4 is 5.91 Å². The van der Waals surface area contributed by atoms with E-state index in [1.165, 1.54) is 372 Å². The van der Waals surface area contributed by atoms with E-state index >= 15 is 0 Å². The van der Waals surface area contributed by atoms with Crippen LogP contribution < -0.4 is 5.32 Å². The highest BCUT2D eigenvalue weighted by Gasteiger charge is 2.54. The van der Waals surface area contributed by atoms with Crippen molar-refractivity contribution in [3.05, 3.63) is 36.5 Å². The van der Waals surface area contributed by atoms with E-state index in [-0.39, 0.29) is 18.9 Å². The lowest BCUT2D eigenvalue weighted by Gasteiger charge is -2.48. The number of carbonyl (C=O) groups is 1. The lowest BCUT2D eigenvalue weighted by Crippen LogP contribution is -2.66.